The molecule has 0 radical (unpaired) electrons. The first-order chi connectivity index (χ1) is 14.2. The number of aromatic amines is 2. The third-order valence-electron chi connectivity index (χ3n) is 3.90. The fourth-order valence-corrected chi connectivity index (χ4v) is 3.62. The quantitative estimate of drug-likeness (QED) is 0.184. The highest BCUT2D eigenvalue weighted by atomic mass is 79.9. The van der Waals surface area contributed by atoms with E-state index in [1.54, 1.807) is 6.21 Å². The number of rotatable bonds is 7. The number of thioether (sulfide) groups is 1. The zero-order chi connectivity index (χ0) is 20.1. The fourth-order valence-electron chi connectivity index (χ4n) is 2.62. The molecule has 2 heterocycles. The number of amides is 1. The second kappa shape index (κ2) is 8.93. The average Bonchev–Trinajstić information content (AvgIpc) is 3.34. The topological polar surface area (TPSA) is 111 Å². The molecule has 0 unspecified atom stereocenters. The summed E-state index contributed by atoms with van der Waals surface area (Å²) >= 11 is 4.61. The third kappa shape index (κ3) is 5.04. The first-order valence-corrected chi connectivity index (χ1v) is 10.4. The Kier molecular flexibility index (Phi) is 5.92. The molecule has 0 fully saturated rings. The number of H-pyrrole nitrogens is 2. The van der Waals surface area contributed by atoms with Gasteiger partial charge in [0.2, 0.25) is 17.0 Å². The standard InChI is InChI=1S/C19H16BrN7OS/c20-13-4-3-5-14(8-13)23-17(28)11-29-19-24-18(26-27-19)25-22-10-12-9-21-16-7-2-1-6-15(12)16/h1-10,21H,11H2,(H,23,28)(H2,24,25,26,27). The molecule has 4 N–H and O–H groups in total. The summed E-state index contributed by atoms with van der Waals surface area (Å²) in [5, 5.41) is 15.4. The van der Waals surface area contributed by atoms with E-state index in [-0.39, 0.29) is 11.7 Å². The van der Waals surface area contributed by atoms with E-state index in [2.05, 4.69) is 51.9 Å². The van der Waals surface area contributed by atoms with Crippen molar-refractivity contribution in [1.82, 2.24) is 20.2 Å². The van der Waals surface area contributed by atoms with Crippen LogP contribution in [0.4, 0.5) is 11.6 Å². The molecule has 0 atom stereocenters. The summed E-state index contributed by atoms with van der Waals surface area (Å²) in [7, 11) is 0. The van der Waals surface area contributed by atoms with Crippen molar-refractivity contribution in [2.75, 3.05) is 16.5 Å². The zero-order valence-corrected chi connectivity index (χ0v) is 17.4. The van der Waals surface area contributed by atoms with Crippen LogP contribution in [0.5, 0.6) is 0 Å². The van der Waals surface area contributed by atoms with Crippen LogP contribution in [0.15, 0.2) is 69.5 Å². The van der Waals surface area contributed by atoms with E-state index in [1.807, 2.05) is 54.7 Å². The number of benzene rings is 2. The molecule has 8 nitrogen and oxygen atoms in total. The number of aromatic nitrogens is 4. The van der Waals surface area contributed by atoms with Crippen LogP contribution >= 0.6 is 27.7 Å². The van der Waals surface area contributed by atoms with Crippen LogP contribution in [0.2, 0.25) is 0 Å². The van der Waals surface area contributed by atoms with E-state index in [9.17, 15) is 4.79 Å². The molecule has 1 amide bonds. The third-order valence-corrected chi connectivity index (χ3v) is 5.24. The number of para-hydroxylation sites is 1. The fraction of sp³-hybridized carbons (Fsp3) is 0.0526. The summed E-state index contributed by atoms with van der Waals surface area (Å²) in [6.45, 7) is 0. The lowest BCUT2D eigenvalue weighted by Gasteiger charge is -2.04. The lowest BCUT2D eigenvalue weighted by Crippen LogP contribution is -2.14. The van der Waals surface area contributed by atoms with Crippen molar-refractivity contribution in [2.45, 2.75) is 5.16 Å². The van der Waals surface area contributed by atoms with Gasteiger partial charge in [-0.15, -0.1) is 5.10 Å². The van der Waals surface area contributed by atoms with Crippen LogP contribution in [0.1, 0.15) is 5.56 Å². The maximum atomic E-state index is 12.1. The van der Waals surface area contributed by atoms with Gasteiger partial charge < -0.3 is 10.3 Å². The van der Waals surface area contributed by atoms with E-state index >= 15 is 0 Å². The molecule has 0 saturated carbocycles. The Morgan fingerprint density at radius 2 is 2.14 bits per heavy atom. The van der Waals surface area contributed by atoms with Crippen molar-refractivity contribution >= 4 is 62.4 Å². The molecule has 2 aromatic carbocycles. The number of hydrogen-bond acceptors (Lipinski definition) is 6. The predicted molar refractivity (Wildman–Crippen MR) is 119 cm³/mol. The van der Waals surface area contributed by atoms with Crippen LogP contribution in [-0.2, 0) is 4.79 Å². The number of hydrogen-bond donors (Lipinski definition) is 4. The number of carbonyl (C=O) groups is 1. The summed E-state index contributed by atoms with van der Waals surface area (Å²) in [4.78, 5) is 19.5. The Labute approximate surface area is 178 Å². The summed E-state index contributed by atoms with van der Waals surface area (Å²) < 4.78 is 0.904. The molecule has 0 aliphatic carbocycles. The minimum absolute atomic E-state index is 0.134. The van der Waals surface area contributed by atoms with Crippen molar-refractivity contribution < 1.29 is 4.79 Å². The Bertz CT molecular complexity index is 1170. The Morgan fingerprint density at radius 3 is 3.03 bits per heavy atom. The molecular formula is C19H16BrN7OS. The summed E-state index contributed by atoms with van der Waals surface area (Å²) in [6.07, 6.45) is 3.60. The Morgan fingerprint density at radius 1 is 1.24 bits per heavy atom. The Balaban J connectivity index is 1.29. The molecule has 0 bridgehead atoms. The first kappa shape index (κ1) is 19.2. The number of halogens is 1. The van der Waals surface area contributed by atoms with Crippen molar-refractivity contribution in [3.8, 4) is 0 Å². The number of fused-ring (bicyclic) bond motifs is 1. The highest BCUT2D eigenvalue weighted by molar-refractivity contribution is 9.10. The first-order valence-electron chi connectivity index (χ1n) is 8.63. The van der Waals surface area contributed by atoms with E-state index in [4.69, 9.17) is 0 Å². The predicted octanol–water partition coefficient (Wildman–Crippen LogP) is 4.23. The maximum absolute atomic E-state index is 12.1. The number of nitrogens with one attached hydrogen (secondary N) is 4. The molecule has 0 aliphatic heterocycles. The highest BCUT2D eigenvalue weighted by Gasteiger charge is 2.08. The van der Waals surface area contributed by atoms with Gasteiger partial charge in [0.25, 0.3) is 0 Å². The largest absolute Gasteiger partial charge is 0.361 e. The molecule has 2 aromatic heterocycles. The number of nitrogens with zero attached hydrogens (tertiary/aromatic N) is 3. The summed E-state index contributed by atoms with van der Waals surface area (Å²) in [5.41, 5.74) is 5.55. The van der Waals surface area contributed by atoms with Crippen LogP contribution in [-0.4, -0.2) is 38.0 Å². The van der Waals surface area contributed by atoms with Crippen LogP contribution in [0.3, 0.4) is 0 Å². The van der Waals surface area contributed by atoms with Gasteiger partial charge in [0.05, 0.1) is 12.0 Å². The van der Waals surface area contributed by atoms with Crippen molar-refractivity contribution in [2.24, 2.45) is 5.10 Å². The van der Waals surface area contributed by atoms with Crippen molar-refractivity contribution in [3.63, 3.8) is 0 Å². The van der Waals surface area contributed by atoms with Crippen molar-refractivity contribution in [3.05, 3.63) is 64.8 Å². The normalized spacial score (nSPS) is 11.2. The minimum Gasteiger partial charge on any atom is -0.361 e. The van der Waals surface area contributed by atoms with E-state index < -0.39 is 0 Å². The molecule has 4 aromatic rings. The van der Waals surface area contributed by atoms with Crippen molar-refractivity contribution in [1.29, 1.82) is 0 Å². The Hall–Kier alpha value is -3.11. The van der Waals surface area contributed by atoms with E-state index in [0.29, 0.717) is 11.1 Å². The molecule has 29 heavy (non-hydrogen) atoms. The number of hydrazone groups is 1. The van der Waals surface area contributed by atoms with E-state index in [1.165, 1.54) is 11.8 Å². The smallest absolute Gasteiger partial charge is 0.240 e. The number of carbonyl (C=O) groups excluding carboxylic acids is 1. The molecule has 10 heteroatoms. The molecule has 0 aliphatic rings. The molecule has 4 rings (SSSR count). The highest BCUT2D eigenvalue weighted by Crippen LogP contribution is 2.18. The van der Waals surface area contributed by atoms with Gasteiger partial charge in [-0.1, -0.05) is 52.0 Å². The van der Waals surface area contributed by atoms with Crippen LogP contribution in [0.25, 0.3) is 10.9 Å². The van der Waals surface area contributed by atoms with Gasteiger partial charge in [0.15, 0.2) is 0 Å². The molecular weight excluding hydrogens is 454 g/mol. The van der Waals surface area contributed by atoms with Gasteiger partial charge in [-0.3, -0.25) is 4.79 Å². The zero-order valence-electron chi connectivity index (χ0n) is 15.0. The van der Waals surface area contributed by atoms with E-state index in [0.717, 1.165) is 26.6 Å². The van der Waals surface area contributed by atoms with Gasteiger partial charge >= 0.3 is 0 Å². The van der Waals surface area contributed by atoms with Gasteiger partial charge in [0, 0.05) is 32.8 Å². The van der Waals surface area contributed by atoms with Crippen LogP contribution in [0, 0.1) is 0 Å². The molecule has 146 valence electrons. The van der Waals surface area contributed by atoms with Gasteiger partial charge in [-0.2, -0.15) is 10.1 Å². The van der Waals surface area contributed by atoms with Gasteiger partial charge in [0.1, 0.15) is 0 Å². The maximum Gasteiger partial charge on any atom is 0.240 e. The molecule has 0 saturated heterocycles. The van der Waals surface area contributed by atoms with Gasteiger partial charge in [-0.05, 0) is 24.3 Å². The molecule has 0 spiro atoms. The lowest BCUT2D eigenvalue weighted by molar-refractivity contribution is -0.113. The average molecular weight is 470 g/mol. The SMILES string of the molecule is O=C(CSc1n[nH]c(NN=Cc2c[nH]c3ccccc23)n1)Nc1cccc(Br)c1. The van der Waals surface area contributed by atoms with Crippen LogP contribution < -0.4 is 10.7 Å². The van der Waals surface area contributed by atoms with Gasteiger partial charge in [-0.25, -0.2) is 10.5 Å². The monoisotopic (exact) mass is 469 g/mol. The number of anilines is 2. The second-order valence-electron chi connectivity index (χ2n) is 5.97. The summed E-state index contributed by atoms with van der Waals surface area (Å²) in [5.74, 6) is 0.461. The lowest BCUT2D eigenvalue weighted by atomic mass is 10.2. The minimum atomic E-state index is -0.134. The second-order valence-corrected chi connectivity index (χ2v) is 7.83. The summed E-state index contributed by atoms with van der Waals surface area (Å²) in [6, 6.07) is 15.4.